The number of rotatable bonds is 5. The Balaban J connectivity index is 1.68. The van der Waals surface area contributed by atoms with Crippen LogP contribution < -0.4 is 5.32 Å². The summed E-state index contributed by atoms with van der Waals surface area (Å²) in [6, 6.07) is 12.4. The average Bonchev–Trinajstić information content (AvgIpc) is 3.35. The summed E-state index contributed by atoms with van der Waals surface area (Å²) in [5, 5.41) is 14.7. The van der Waals surface area contributed by atoms with E-state index in [1.165, 1.54) is 11.0 Å². The summed E-state index contributed by atoms with van der Waals surface area (Å²) in [6.45, 7) is 4.06. The van der Waals surface area contributed by atoms with Gasteiger partial charge in [-0.15, -0.1) is 5.10 Å². The number of tetrazole rings is 1. The Morgan fingerprint density at radius 3 is 2.75 bits per heavy atom. The van der Waals surface area contributed by atoms with Crippen LogP contribution in [0.25, 0.3) is 16.7 Å². The lowest BCUT2D eigenvalue weighted by Gasteiger charge is -2.21. The van der Waals surface area contributed by atoms with E-state index >= 15 is 0 Å². The van der Waals surface area contributed by atoms with Gasteiger partial charge in [0.1, 0.15) is 12.2 Å². The first-order valence-corrected chi connectivity index (χ1v) is 9.19. The average molecular weight is 396 g/mol. The molecule has 0 saturated heterocycles. The summed E-state index contributed by atoms with van der Waals surface area (Å²) in [7, 11) is 0. The van der Waals surface area contributed by atoms with E-state index in [0.29, 0.717) is 22.1 Å². The Labute approximate surface area is 165 Å². The van der Waals surface area contributed by atoms with Gasteiger partial charge < -0.3 is 10.3 Å². The van der Waals surface area contributed by atoms with Crippen molar-refractivity contribution in [1.29, 1.82) is 0 Å². The molecule has 4 aromatic rings. The first kappa shape index (κ1) is 18.1. The van der Waals surface area contributed by atoms with Gasteiger partial charge in [-0.25, -0.2) is 4.98 Å². The maximum absolute atomic E-state index is 13.1. The summed E-state index contributed by atoms with van der Waals surface area (Å²) < 4.78 is 1.41. The Morgan fingerprint density at radius 1 is 1.21 bits per heavy atom. The number of benzene rings is 2. The van der Waals surface area contributed by atoms with Crippen molar-refractivity contribution in [3.63, 3.8) is 0 Å². The monoisotopic (exact) mass is 395 g/mol. The van der Waals surface area contributed by atoms with Crippen LogP contribution in [-0.2, 0) is 0 Å². The highest BCUT2D eigenvalue weighted by Crippen LogP contribution is 2.24. The fourth-order valence-corrected chi connectivity index (χ4v) is 3.21. The van der Waals surface area contributed by atoms with E-state index in [1.54, 1.807) is 18.2 Å². The second-order valence-corrected chi connectivity index (χ2v) is 7.19. The number of carbonyl (C=O) groups is 1. The minimum Gasteiger partial charge on any atom is -0.342 e. The molecule has 0 radical (unpaired) electrons. The normalized spacial score (nSPS) is 12.4. The summed E-state index contributed by atoms with van der Waals surface area (Å²) in [4.78, 5) is 21.0. The Morgan fingerprint density at radius 2 is 2.04 bits per heavy atom. The molecule has 0 bridgehead atoms. The van der Waals surface area contributed by atoms with Crippen LogP contribution in [0.15, 0.2) is 48.8 Å². The summed E-state index contributed by atoms with van der Waals surface area (Å²) >= 11 is 6.11. The smallest absolute Gasteiger partial charge is 0.254 e. The molecule has 2 N–H and O–H groups in total. The van der Waals surface area contributed by atoms with Crippen molar-refractivity contribution in [2.45, 2.75) is 19.9 Å². The first-order valence-electron chi connectivity index (χ1n) is 8.81. The third-order valence-electron chi connectivity index (χ3n) is 4.46. The zero-order chi connectivity index (χ0) is 19.7. The Hall–Kier alpha value is -3.26. The molecule has 28 heavy (non-hydrogen) atoms. The lowest BCUT2D eigenvalue weighted by Crippen LogP contribution is -2.33. The zero-order valence-corrected chi connectivity index (χ0v) is 16.1. The highest BCUT2D eigenvalue weighted by Gasteiger charge is 2.24. The number of carbonyl (C=O) groups excluding carboxylic acids is 1. The van der Waals surface area contributed by atoms with Gasteiger partial charge in [0.25, 0.3) is 5.91 Å². The van der Waals surface area contributed by atoms with Crippen molar-refractivity contribution >= 4 is 28.5 Å². The van der Waals surface area contributed by atoms with E-state index in [1.807, 2.05) is 38.1 Å². The number of H-pyrrole nitrogens is 1. The predicted molar refractivity (Wildman–Crippen MR) is 105 cm³/mol. The number of imidazole rings is 1. The van der Waals surface area contributed by atoms with Crippen molar-refractivity contribution in [1.82, 2.24) is 35.5 Å². The van der Waals surface area contributed by atoms with Gasteiger partial charge in [-0.2, -0.15) is 4.68 Å². The van der Waals surface area contributed by atoms with Gasteiger partial charge in [0.2, 0.25) is 0 Å². The van der Waals surface area contributed by atoms with Crippen LogP contribution in [0.5, 0.6) is 0 Å². The number of halogens is 1. The number of nitrogens with one attached hydrogen (secondary N) is 2. The van der Waals surface area contributed by atoms with Gasteiger partial charge in [0.05, 0.1) is 28.3 Å². The molecule has 142 valence electrons. The van der Waals surface area contributed by atoms with Crippen molar-refractivity contribution in [3.8, 4) is 5.69 Å². The van der Waals surface area contributed by atoms with Gasteiger partial charge in [-0.05, 0) is 46.7 Å². The number of fused-ring (bicyclic) bond motifs is 1. The molecule has 1 atom stereocenters. The van der Waals surface area contributed by atoms with E-state index in [0.717, 1.165) is 11.0 Å². The molecule has 0 saturated carbocycles. The maximum atomic E-state index is 13.1. The van der Waals surface area contributed by atoms with Gasteiger partial charge >= 0.3 is 0 Å². The van der Waals surface area contributed by atoms with E-state index in [2.05, 4.69) is 30.8 Å². The van der Waals surface area contributed by atoms with E-state index in [4.69, 9.17) is 11.6 Å². The number of amides is 1. The maximum Gasteiger partial charge on any atom is 0.254 e. The summed E-state index contributed by atoms with van der Waals surface area (Å²) in [5.74, 6) is 0.567. The molecule has 0 aliphatic heterocycles. The van der Waals surface area contributed by atoms with Crippen molar-refractivity contribution in [2.75, 3.05) is 0 Å². The minimum absolute atomic E-state index is 0.119. The molecule has 2 aromatic carbocycles. The standard InChI is InChI=1S/C19H18ClN7O/c1-11(2)17(18-22-14-5-3-4-6-15(14)23-18)24-19(28)13-8-7-12(20)9-16(13)27-10-21-25-26-27/h3-11,17H,1-2H3,(H,22,23)(H,24,28). The van der Waals surface area contributed by atoms with Gasteiger partial charge in [0, 0.05) is 5.02 Å². The molecule has 0 aliphatic carbocycles. The second-order valence-electron chi connectivity index (χ2n) is 6.75. The second kappa shape index (κ2) is 7.40. The molecule has 4 rings (SSSR count). The number of nitrogens with zero attached hydrogens (tertiary/aromatic N) is 5. The van der Waals surface area contributed by atoms with Gasteiger partial charge in [-0.3, -0.25) is 4.79 Å². The van der Waals surface area contributed by atoms with E-state index in [9.17, 15) is 4.79 Å². The molecule has 2 heterocycles. The quantitative estimate of drug-likeness (QED) is 0.539. The molecule has 0 aliphatic rings. The zero-order valence-electron chi connectivity index (χ0n) is 15.3. The largest absolute Gasteiger partial charge is 0.342 e. The first-order chi connectivity index (χ1) is 13.5. The van der Waals surface area contributed by atoms with E-state index < -0.39 is 0 Å². The highest BCUT2D eigenvalue weighted by atomic mass is 35.5. The molecule has 8 nitrogen and oxygen atoms in total. The molecular weight excluding hydrogens is 378 g/mol. The van der Waals surface area contributed by atoms with Crippen LogP contribution in [0.1, 0.15) is 36.1 Å². The number of aromatic amines is 1. The van der Waals surface area contributed by atoms with E-state index in [-0.39, 0.29) is 17.9 Å². The number of aromatic nitrogens is 6. The van der Waals surface area contributed by atoms with Crippen LogP contribution in [0.2, 0.25) is 5.02 Å². The molecule has 9 heteroatoms. The van der Waals surface area contributed by atoms with Crippen molar-refractivity contribution in [3.05, 3.63) is 65.2 Å². The third-order valence-corrected chi connectivity index (χ3v) is 4.69. The third kappa shape index (κ3) is 3.46. The topological polar surface area (TPSA) is 101 Å². The fraction of sp³-hybridized carbons (Fsp3) is 0.211. The fourth-order valence-electron chi connectivity index (χ4n) is 3.05. The minimum atomic E-state index is -0.294. The lowest BCUT2D eigenvalue weighted by atomic mass is 10.0. The lowest BCUT2D eigenvalue weighted by molar-refractivity contribution is 0.0923. The molecule has 1 unspecified atom stereocenters. The van der Waals surface area contributed by atoms with Crippen LogP contribution in [0, 0.1) is 5.92 Å². The molecule has 2 aromatic heterocycles. The van der Waals surface area contributed by atoms with Crippen LogP contribution in [0.4, 0.5) is 0 Å². The summed E-state index contributed by atoms with van der Waals surface area (Å²) in [5.41, 5.74) is 2.71. The number of para-hydroxylation sites is 2. The molecule has 1 amide bonds. The van der Waals surface area contributed by atoms with Crippen LogP contribution in [0.3, 0.4) is 0 Å². The van der Waals surface area contributed by atoms with Crippen molar-refractivity contribution < 1.29 is 4.79 Å². The SMILES string of the molecule is CC(C)C(NC(=O)c1ccc(Cl)cc1-n1cnnn1)c1nc2ccccc2[nH]1. The van der Waals surface area contributed by atoms with Gasteiger partial charge in [-0.1, -0.05) is 37.6 Å². The van der Waals surface area contributed by atoms with Crippen LogP contribution in [-0.4, -0.2) is 36.1 Å². The number of hydrogen-bond donors (Lipinski definition) is 2. The molecule has 0 fully saturated rings. The van der Waals surface area contributed by atoms with Crippen molar-refractivity contribution in [2.24, 2.45) is 5.92 Å². The molecular formula is C19H18ClN7O. The highest BCUT2D eigenvalue weighted by molar-refractivity contribution is 6.31. The van der Waals surface area contributed by atoms with Crippen LogP contribution >= 0.6 is 11.6 Å². The van der Waals surface area contributed by atoms with Gasteiger partial charge in [0.15, 0.2) is 0 Å². The Kier molecular flexibility index (Phi) is 4.79. The molecule has 0 spiro atoms. The number of hydrogen-bond acceptors (Lipinski definition) is 5. The Bertz CT molecular complexity index is 1090. The summed E-state index contributed by atoms with van der Waals surface area (Å²) in [6.07, 6.45) is 1.42. The predicted octanol–water partition coefficient (Wildman–Crippen LogP) is 3.32.